The summed E-state index contributed by atoms with van der Waals surface area (Å²) in [6.07, 6.45) is 2.40. The molecule has 0 saturated heterocycles. The molecule has 0 fully saturated rings. The van der Waals surface area contributed by atoms with E-state index in [1.165, 1.54) is 0 Å². The van der Waals surface area contributed by atoms with E-state index in [4.69, 9.17) is 22.1 Å². The Balaban J connectivity index is 3.74. The van der Waals surface area contributed by atoms with E-state index in [9.17, 15) is 19.5 Å². The molecule has 0 spiro atoms. The van der Waals surface area contributed by atoms with Gasteiger partial charge in [0.2, 0.25) is 5.91 Å². The number of rotatable bonds is 21. The molecule has 1 atom stereocenters. The van der Waals surface area contributed by atoms with E-state index in [1.807, 2.05) is 18.7 Å². The average molecular weight is 428 g/mol. The van der Waals surface area contributed by atoms with E-state index in [0.717, 1.165) is 12.8 Å². The molecule has 172 valence electrons. The summed E-state index contributed by atoms with van der Waals surface area (Å²) in [6.45, 7) is 8.02. The van der Waals surface area contributed by atoms with Crippen LogP contribution in [0.2, 0.25) is 0 Å². The van der Waals surface area contributed by atoms with Crippen LogP contribution < -0.4 is 5.32 Å². The first kappa shape index (κ1) is 28.5. The zero-order valence-corrected chi connectivity index (χ0v) is 18.4. The van der Waals surface area contributed by atoms with Crippen molar-refractivity contribution in [1.82, 2.24) is 10.2 Å². The largest absolute Gasteiger partial charge is 0.480 e. The summed E-state index contributed by atoms with van der Waals surface area (Å²) in [7, 11) is 4.99. The lowest BCUT2D eigenvalue weighted by Gasteiger charge is -2.28. The van der Waals surface area contributed by atoms with Gasteiger partial charge in [-0.15, -0.1) is 0 Å². The molecule has 1 unspecified atom stereocenters. The van der Waals surface area contributed by atoms with E-state index in [1.54, 1.807) is 0 Å². The summed E-state index contributed by atoms with van der Waals surface area (Å²) in [5.41, 5.74) is -0.395. The summed E-state index contributed by atoms with van der Waals surface area (Å²) >= 11 is 0. The molecule has 2 N–H and O–H groups in total. The molecule has 0 aliphatic carbocycles. The Labute approximate surface area is 181 Å². The van der Waals surface area contributed by atoms with Crippen molar-refractivity contribution in [3.8, 4) is 0 Å². The van der Waals surface area contributed by atoms with Crippen molar-refractivity contribution in [3.05, 3.63) is 0 Å². The minimum Gasteiger partial charge on any atom is -0.480 e. The van der Waals surface area contributed by atoms with Gasteiger partial charge in [0.25, 0.3) is 0 Å². The molecule has 0 aromatic rings. The van der Waals surface area contributed by atoms with Gasteiger partial charge in [-0.05, 0) is 32.4 Å². The van der Waals surface area contributed by atoms with Crippen LogP contribution in [0.1, 0.15) is 46.0 Å². The lowest BCUT2D eigenvalue weighted by molar-refractivity contribution is -0.143. The van der Waals surface area contributed by atoms with Crippen LogP contribution in [-0.4, -0.2) is 101 Å². The maximum atomic E-state index is 12.0. The van der Waals surface area contributed by atoms with Crippen molar-refractivity contribution in [2.24, 2.45) is 0 Å². The highest BCUT2D eigenvalue weighted by atomic mass is 16.5. The molecular weight excluding hydrogens is 391 g/mol. The van der Waals surface area contributed by atoms with Crippen molar-refractivity contribution in [1.29, 1.82) is 0 Å². The quantitative estimate of drug-likeness (QED) is 0.202. The molecule has 1 amide bonds. The number of nitrogens with one attached hydrogen (secondary N) is 1. The Bertz CT molecular complexity index is 474. The average Bonchev–Trinajstić information content (AvgIpc) is 2.68. The third kappa shape index (κ3) is 16.3. The molecule has 9 nitrogen and oxygen atoms in total. The molecule has 10 heteroatoms. The van der Waals surface area contributed by atoms with E-state index in [2.05, 4.69) is 5.32 Å². The van der Waals surface area contributed by atoms with Crippen LogP contribution in [0.25, 0.3) is 0 Å². The SMILES string of the molecule is [B]C(=O)CCOCCOCCOCCNC(=O)CCC(C(=O)O)N(CCC)CCC. The predicted molar refractivity (Wildman–Crippen MR) is 114 cm³/mol. The van der Waals surface area contributed by atoms with Crippen LogP contribution in [0.3, 0.4) is 0 Å². The first-order valence-electron chi connectivity index (χ1n) is 10.7. The maximum absolute atomic E-state index is 12.0. The summed E-state index contributed by atoms with van der Waals surface area (Å²) < 4.78 is 15.8. The van der Waals surface area contributed by atoms with Crippen LogP contribution in [-0.2, 0) is 28.6 Å². The topological polar surface area (TPSA) is 114 Å². The Hall–Kier alpha value is -1.49. The summed E-state index contributed by atoms with van der Waals surface area (Å²) in [5.74, 6) is -1.06. The third-order valence-corrected chi connectivity index (χ3v) is 4.20. The molecule has 0 rings (SSSR count). The van der Waals surface area contributed by atoms with Crippen molar-refractivity contribution in [2.45, 2.75) is 52.0 Å². The number of carbonyl (C=O) groups is 3. The highest BCUT2D eigenvalue weighted by molar-refractivity contribution is 6.57. The van der Waals surface area contributed by atoms with Gasteiger partial charge in [0.05, 0.1) is 45.3 Å². The minimum atomic E-state index is -0.883. The van der Waals surface area contributed by atoms with Gasteiger partial charge in [0.15, 0.2) is 7.85 Å². The van der Waals surface area contributed by atoms with Gasteiger partial charge < -0.3 is 29.4 Å². The lowest BCUT2D eigenvalue weighted by atomic mass is 10.0. The Morgan fingerprint density at radius 2 is 1.43 bits per heavy atom. The second kappa shape index (κ2) is 19.5. The number of hydrogen-bond acceptors (Lipinski definition) is 7. The van der Waals surface area contributed by atoms with Gasteiger partial charge in [0.1, 0.15) is 6.04 Å². The van der Waals surface area contributed by atoms with Crippen LogP contribution in [0.4, 0.5) is 0 Å². The fourth-order valence-corrected chi connectivity index (χ4v) is 2.79. The van der Waals surface area contributed by atoms with E-state index >= 15 is 0 Å². The van der Waals surface area contributed by atoms with Crippen LogP contribution >= 0.6 is 0 Å². The number of carboxylic acids is 1. The number of carboxylic acid groups (broad SMARTS) is 1. The molecule has 0 saturated carbocycles. The van der Waals surface area contributed by atoms with Crippen molar-refractivity contribution in [3.63, 3.8) is 0 Å². The number of ether oxygens (including phenoxy) is 3. The number of aliphatic carboxylic acids is 1. The molecular formula is C20H37BN2O7. The predicted octanol–water partition coefficient (Wildman–Crippen LogP) is 0.593. The smallest absolute Gasteiger partial charge is 0.320 e. The molecule has 0 aromatic heterocycles. The fourth-order valence-electron chi connectivity index (χ4n) is 2.79. The normalized spacial score (nSPS) is 12.1. The summed E-state index contributed by atoms with van der Waals surface area (Å²) in [5, 5.41) is 12.2. The van der Waals surface area contributed by atoms with Crippen LogP contribution in [0.5, 0.6) is 0 Å². The zero-order valence-electron chi connectivity index (χ0n) is 18.4. The number of amides is 1. The number of nitrogens with zero attached hydrogens (tertiary/aromatic N) is 1. The second-order valence-electron chi connectivity index (χ2n) is 6.83. The zero-order chi connectivity index (χ0) is 22.6. The van der Waals surface area contributed by atoms with Crippen molar-refractivity contribution in [2.75, 3.05) is 59.3 Å². The number of hydrogen-bond donors (Lipinski definition) is 2. The van der Waals surface area contributed by atoms with E-state index in [-0.39, 0.29) is 31.8 Å². The Kier molecular flexibility index (Phi) is 18.5. The second-order valence-corrected chi connectivity index (χ2v) is 6.83. The van der Waals surface area contributed by atoms with E-state index < -0.39 is 17.7 Å². The molecule has 0 bridgehead atoms. The van der Waals surface area contributed by atoms with Crippen LogP contribution in [0.15, 0.2) is 0 Å². The molecule has 30 heavy (non-hydrogen) atoms. The molecule has 0 aliphatic rings. The van der Waals surface area contributed by atoms with Gasteiger partial charge in [-0.1, -0.05) is 13.8 Å². The van der Waals surface area contributed by atoms with E-state index in [0.29, 0.717) is 52.7 Å². The van der Waals surface area contributed by atoms with Gasteiger partial charge in [-0.2, -0.15) is 0 Å². The Morgan fingerprint density at radius 3 is 1.93 bits per heavy atom. The van der Waals surface area contributed by atoms with Gasteiger partial charge in [0, 0.05) is 19.4 Å². The maximum Gasteiger partial charge on any atom is 0.320 e. The first-order chi connectivity index (χ1) is 14.4. The monoisotopic (exact) mass is 428 g/mol. The molecule has 0 aliphatic heterocycles. The van der Waals surface area contributed by atoms with Crippen molar-refractivity contribution >= 4 is 25.4 Å². The fraction of sp³-hybridized carbons (Fsp3) is 0.850. The minimum absolute atomic E-state index is 0.166. The molecule has 0 aromatic carbocycles. The molecule has 0 heterocycles. The molecule has 2 radical (unpaired) electrons. The van der Waals surface area contributed by atoms with Gasteiger partial charge >= 0.3 is 5.97 Å². The number of carbonyl (C=O) groups excluding carboxylic acids is 2. The summed E-state index contributed by atoms with van der Waals surface area (Å²) in [4.78, 5) is 36.0. The highest BCUT2D eigenvalue weighted by Crippen LogP contribution is 2.10. The highest BCUT2D eigenvalue weighted by Gasteiger charge is 2.24. The Morgan fingerprint density at radius 1 is 0.900 bits per heavy atom. The first-order valence-corrected chi connectivity index (χ1v) is 10.7. The van der Waals surface area contributed by atoms with Gasteiger partial charge in [-0.25, -0.2) is 0 Å². The lowest BCUT2D eigenvalue weighted by Crippen LogP contribution is -2.43. The van der Waals surface area contributed by atoms with Crippen LogP contribution in [0, 0.1) is 0 Å². The summed E-state index contributed by atoms with van der Waals surface area (Å²) in [6, 6.07) is -0.635. The standard InChI is InChI=1S/C20H37BN2O7/c1-3-9-23(10-4-2)17(20(26)27)5-6-19(25)22-8-12-29-14-16-30-15-13-28-11-7-18(21)24/h17H,3-16H2,1-2H3,(H,22,25)(H,26,27). The third-order valence-electron chi connectivity index (χ3n) is 4.20. The van der Waals surface area contributed by atoms with Crippen molar-refractivity contribution < 1.29 is 33.7 Å². The van der Waals surface area contributed by atoms with Gasteiger partial charge in [-0.3, -0.25) is 14.5 Å².